The van der Waals surface area contributed by atoms with Gasteiger partial charge in [-0.15, -0.1) is 0 Å². The van der Waals surface area contributed by atoms with E-state index in [1.165, 1.54) is 0 Å². The number of piperidine rings is 1. The van der Waals surface area contributed by atoms with Gasteiger partial charge in [-0.3, -0.25) is 9.78 Å². The SMILES string of the molecule is COc1ccc(-c2ccc(-c3cnn4c(N)c(Br)c(C5CCN(C(=O)CO)CC5)nc34)cn2)cc1CO. The van der Waals surface area contributed by atoms with E-state index in [1.807, 2.05) is 30.3 Å². The summed E-state index contributed by atoms with van der Waals surface area (Å²) >= 11 is 3.61. The van der Waals surface area contributed by atoms with E-state index in [0.717, 1.165) is 40.9 Å². The van der Waals surface area contributed by atoms with Crippen molar-refractivity contribution in [3.63, 3.8) is 0 Å². The van der Waals surface area contributed by atoms with Gasteiger partial charge in [-0.1, -0.05) is 6.07 Å². The Labute approximate surface area is 221 Å². The van der Waals surface area contributed by atoms with Gasteiger partial charge in [-0.2, -0.15) is 9.61 Å². The Kier molecular flexibility index (Phi) is 7.09. The smallest absolute Gasteiger partial charge is 0.248 e. The summed E-state index contributed by atoms with van der Waals surface area (Å²) < 4.78 is 7.60. The summed E-state index contributed by atoms with van der Waals surface area (Å²) in [6.07, 6.45) is 4.95. The number of halogens is 1. The molecule has 1 aliphatic heterocycles. The van der Waals surface area contributed by atoms with E-state index in [0.29, 0.717) is 40.3 Å². The Balaban J connectivity index is 1.46. The minimum absolute atomic E-state index is 0.114. The molecule has 1 amide bonds. The number of carbonyl (C=O) groups excluding carboxylic acids is 1. The number of benzene rings is 1. The highest BCUT2D eigenvalue weighted by Crippen LogP contribution is 2.37. The number of rotatable bonds is 6. The maximum absolute atomic E-state index is 11.8. The summed E-state index contributed by atoms with van der Waals surface area (Å²) in [7, 11) is 1.57. The average Bonchev–Trinajstić information content (AvgIpc) is 3.38. The number of nitrogen functional groups attached to an aromatic ring is 1. The largest absolute Gasteiger partial charge is 0.496 e. The van der Waals surface area contributed by atoms with Gasteiger partial charge in [-0.25, -0.2) is 4.98 Å². The predicted octanol–water partition coefficient (Wildman–Crippen LogP) is 3.00. The number of nitrogens with two attached hydrogens (primary N) is 1. The highest BCUT2D eigenvalue weighted by molar-refractivity contribution is 9.10. The van der Waals surface area contributed by atoms with Gasteiger partial charge in [0.25, 0.3) is 0 Å². The lowest BCUT2D eigenvalue weighted by molar-refractivity contribution is -0.135. The van der Waals surface area contributed by atoms with E-state index in [2.05, 4.69) is 26.0 Å². The molecule has 10 nitrogen and oxygen atoms in total. The van der Waals surface area contributed by atoms with Gasteiger partial charge in [0.15, 0.2) is 5.65 Å². The van der Waals surface area contributed by atoms with Crippen molar-refractivity contribution in [1.29, 1.82) is 0 Å². The molecular weight excluding hydrogens is 540 g/mol. The molecule has 0 radical (unpaired) electrons. The maximum Gasteiger partial charge on any atom is 0.248 e. The number of hydrogen-bond acceptors (Lipinski definition) is 8. The molecule has 11 heteroatoms. The summed E-state index contributed by atoms with van der Waals surface area (Å²) in [5, 5.41) is 23.3. The fraction of sp³-hybridized carbons (Fsp3) is 0.308. The molecule has 0 unspecified atom stereocenters. The minimum atomic E-state index is -0.474. The van der Waals surface area contributed by atoms with Crippen LogP contribution in [0.4, 0.5) is 5.82 Å². The van der Waals surface area contributed by atoms with Crippen molar-refractivity contribution in [3.8, 4) is 28.1 Å². The average molecular weight is 567 g/mol. The van der Waals surface area contributed by atoms with Crippen molar-refractivity contribution in [2.24, 2.45) is 0 Å². The summed E-state index contributed by atoms with van der Waals surface area (Å²) in [5.74, 6) is 0.949. The molecule has 4 N–H and O–H groups in total. The molecule has 0 aliphatic carbocycles. The van der Waals surface area contributed by atoms with Crippen molar-refractivity contribution in [3.05, 3.63) is 58.5 Å². The topological polar surface area (TPSA) is 139 Å². The first-order chi connectivity index (χ1) is 17.9. The fourth-order valence-corrected chi connectivity index (χ4v) is 5.36. The van der Waals surface area contributed by atoms with Crippen LogP contribution >= 0.6 is 15.9 Å². The highest BCUT2D eigenvalue weighted by atomic mass is 79.9. The van der Waals surface area contributed by atoms with Gasteiger partial charge >= 0.3 is 0 Å². The molecule has 4 aromatic rings. The number of nitrogens with zero attached hydrogens (tertiary/aromatic N) is 5. The van der Waals surface area contributed by atoms with E-state index in [9.17, 15) is 9.90 Å². The fourth-order valence-electron chi connectivity index (χ4n) is 4.78. The Morgan fingerprint density at radius 2 is 1.92 bits per heavy atom. The number of anilines is 1. The van der Waals surface area contributed by atoms with Crippen LogP contribution in [0, 0.1) is 0 Å². The highest BCUT2D eigenvalue weighted by Gasteiger charge is 2.28. The summed E-state index contributed by atoms with van der Waals surface area (Å²) in [6.45, 7) is 0.520. The zero-order valence-corrected chi connectivity index (χ0v) is 21.8. The molecule has 192 valence electrons. The standard InChI is InChI=1S/C26H27BrN6O4/c1-37-21-5-3-16(10-18(21)13-34)20-4-2-17(11-29-20)19-12-30-33-25(28)23(27)24(31-26(19)33)15-6-8-32(9-7-15)22(36)14-35/h2-5,10-12,15,34-35H,6-9,13-14,28H2,1H3. The third kappa shape index (κ3) is 4.65. The second-order valence-electron chi connectivity index (χ2n) is 8.92. The Bertz CT molecular complexity index is 1450. The molecule has 0 spiro atoms. The molecule has 0 bridgehead atoms. The van der Waals surface area contributed by atoms with E-state index < -0.39 is 6.61 Å². The van der Waals surface area contributed by atoms with Crippen molar-refractivity contribution < 1.29 is 19.7 Å². The van der Waals surface area contributed by atoms with Crippen LogP contribution in [-0.4, -0.2) is 67.4 Å². The number of methoxy groups -OCH3 is 1. The second-order valence-corrected chi connectivity index (χ2v) is 9.71. The number of ether oxygens (including phenoxy) is 1. The van der Waals surface area contributed by atoms with Gasteiger partial charge in [0.2, 0.25) is 5.91 Å². The van der Waals surface area contributed by atoms with Crippen molar-refractivity contribution in [1.82, 2.24) is 24.5 Å². The third-order valence-corrected chi connectivity index (χ3v) is 7.65. The summed E-state index contributed by atoms with van der Waals surface area (Å²) in [4.78, 5) is 23.1. The molecule has 4 heterocycles. The Morgan fingerprint density at radius 3 is 2.57 bits per heavy atom. The van der Waals surface area contributed by atoms with Crippen LogP contribution in [-0.2, 0) is 11.4 Å². The van der Waals surface area contributed by atoms with Crippen LogP contribution in [0.25, 0.3) is 28.0 Å². The number of fused-ring (bicyclic) bond motifs is 1. The van der Waals surface area contributed by atoms with Gasteiger partial charge in [-0.05, 0) is 53.0 Å². The first-order valence-corrected chi connectivity index (χ1v) is 12.7. The number of hydrogen-bond donors (Lipinski definition) is 3. The van der Waals surface area contributed by atoms with Crippen LogP contribution in [0.2, 0.25) is 0 Å². The van der Waals surface area contributed by atoms with Crippen molar-refractivity contribution in [2.75, 3.05) is 32.5 Å². The lowest BCUT2D eigenvalue weighted by Crippen LogP contribution is -2.39. The number of carbonyl (C=O) groups is 1. The zero-order valence-electron chi connectivity index (χ0n) is 20.3. The van der Waals surface area contributed by atoms with Crippen LogP contribution in [0.1, 0.15) is 30.0 Å². The molecule has 3 aromatic heterocycles. The first kappa shape index (κ1) is 25.1. The molecule has 1 aromatic carbocycles. The number of pyridine rings is 1. The van der Waals surface area contributed by atoms with Gasteiger partial charge in [0.1, 0.15) is 18.2 Å². The van der Waals surface area contributed by atoms with Crippen LogP contribution in [0.5, 0.6) is 5.75 Å². The molecule has 1 aliphatic rings. The Hall–Kier alpha value is -3.54. The number of aromatic nitrogens is 4. The third-order valence-electron chi connectivity index (χ3n) is 6.84. The zero-order chi connectivity index (χ0) is 26.1. The van der Waals surface area contributed by atoms with Gasteiger partial charge < -0.3 is 25.6 Å². The second kappa shape index (κ2) is 10.4. The molecule has 5 rings (SSSR count). The normalized spacial score (nSPS) is 14.3. The van der Waals surface area contributed by atoms with E-state index in [1.54, 1.807) is 28.9 Å². The number of aliphatic hydroxyl groups excluding tert-OH is 2. The minimum Gasteiger partial charge on any atom is -0.496 e. The van der Waals surface area contributed by atoms with Gasteiger partial charge in [0.05, 0.1) is 35.8 Å². The van der Waals surface area contributed by atoms with E-state index in [4.69, 9.17) is 20.6 Å². The van der Waals surface area contributed by atoms with Crippen LogP contribution in [0.15, 0.2) is 47.2 Å². The molecule has 1 fully saturated rings. The van der Waals surface area contributed by atoms with Crippen molar-refractivity contribution >= 4 is 33.3 Å². The van der Waals surface area contributed by atoms with Crippen LogP contribution < -0.4 is 10.5 Å². The van der Waals surface area contributed by atoms with Crippen LogP contribution in [0.3, 0.4) is 0 Å². The Morgan fingerprint density at radius 1 is 1.16 bits per heavy atom. The number of amides is 1. The van der Waals surface area contributed by atoms with Crippen molar-refractivity contribution in [2.45, 2.75) is 25.4 Å². The lowest BCUT2D eigenvalue weighted by atomic mass is 9.93. The van der Waals surface area contributed by atoms with E-state index in [-0.39, 0.29) is 18.4 Å². The monoisotopic (exact) mass is 566 g/mol. The molecular formula is C26H27BrN6O4. The first-order valence-electron chi connectivity index (χ1n) is 11.9. The molecule has 0 atom stereocenters. The maximum atomic E-state index is 11.8. The molecule has 37 heavy (non-hydrogen) atoms. The summed E-state index contributed by atoms with van der Waals surface area (Å²) in [6, 6.07) is 9.46. The lowest BCUT2D eigenvalue weighted by Gasteiger charge is -2.31. The summed E-state index contributed by atoms with van der Waals surface area (Å²) in [5.41, 5.74) is 11.9. The van der Waals surface area contributed by atoms with Gasteiger partial charge in [0, 0.05) is 47.5 Å². The predicted molar refractivity (Wildman–Crippen MR) is 142 cm³/mol. The molecule has 0 saturated carbocycles. The molecule has 1 saturated heterocycles. The number of likely N-dealkylation sites (tertiary alicyclic amines) is 1. The quantitative estimate of drug-likeness (QED) is 0.323. The number of aliphatic hydroxyl groups is 2. The van der Waals surface area contributed by atoms with E-state index >= 15 is 0 Å².